The number of pyridine rings is 1. The Morgan fingerprint density at radius 1 is 0.971 bits per heavy atom. The molecule has 2 aromatic heterocycles. The van der Waals surface area contributed by atoms with Gasteiger partial charge < -0.3 is 5.32 Å². The summed E-state index contributed by atoms with van der Waals surface area (Å²) < 4.78 is 65.7. The van der Waals surface area contributed by atoms with Crippen LogP contribution in [0.3, 0.4) is 0 Å². The zero-order chi connectivity index (χ0) is 24.8. The molecule has 4 aromatic rings. The average Bonchev–Trinajstić information content (AvgIpc) is 3.47. The quantitative estimate of drug-likeness (QED) is 0.392. The molecule has 1 amide bonds. The van der Waals surface area contributed by atoms with Crippen molar-refractivity contribution in [2.75, 3.05) is 5.32 Å². The largest absolute Gasteiger partial charge is 0.433 e. The molecular weight excluding hydrogens is 471 g/mol. The average molecular weight is 486 g/mol. The van der Waals surface area contributed by atoms with Gasteiger partial charge in [-0.05, 0) is 64.7 Å². The molecular formula is C23H15F5N6O. The van der Waals surface area contributed by atoms with Crippen molar-refractivity contribution >= 4 is 11.6 Å². The molecule has 35 heavy (non-hydrogen) atoms. The molecule has 0 unspecified atom stereocenters. The van der Waals surface area contributed by atoms with E-state index in [1.54, 1.807) is 18.2 Å². The fraction of sp³-hybridized carbons (Fsp3) is 0.174. The standard InChI is InChI=1S/C23H15F5N6O/c24-17-5-2-13(9-18(17)25)22(7-8-22)21(35)30-14-3-4-15(16(10-14)20-31-33-34-32-20)12-1-6-19(29-11-12)23(26,27)28/h1-6,9-11H,7-8H2,(H,30,35)(H,31,32,33,34). The molecule has 7 nitrogen and oxygen atoms in total. The Bertz CT molecular complexity index is 1400. The first-order chi connectivity index (χ1) is 16.7. The van der Waals surface area contributed by atoms with Crippen molar-refractivity contribution in [1.82, 2.24) is 25.6 Å². The summed E-state index contributed by atoms with van der Waals surface area (Å²) in [5.74, 6) is -2.20. The molecule has 0 bridgehead atoms. The molecule has 0 aliphatic heterocycles. The van der Waals surface area contributed by atoms with E-state index in [4.69, 9.17) is 0 Å². The van der Waals surface area contributed by atoms with E-state index in [1.165, 1.54) is 12.1 Å². The fourth-order valence-corrected chi connectivity index (χ4v) is 3.88. The van der Waals surface area contributed by atoms with Gasteiger partial charge in [-0.3, -0.25) is 9.78 Å². The van der Waals surface area contributed by atoms with Gasteiger partial charge in [0, 0.05) is 23.0 Å². The molecule has 2 N–H and O–H groups in total. The van der Waals surface area contributed by atoms with Crippen molar-refractivity contribution < 1.29 is 26.7 Å². The van der Waals surface area contributed by atoms with Gasteiger partial charge in [-0.1, -0.05) is 18.2 Å². The molecule has 1 saturated carbocycles. The molecule has 1 fully saturated rings. The molecule has 0 radical (unpaired) electrons. The van der Waals surface area contributed by atoms with Crippen molar-refractivity contribution in [3.63, 3.8) is 0 Å². The second-order valence-electron chi connectivity index (χ2n) is 8.11. The summed E-state index contributed by atoms with van der Waals surface area (Å²) in [6, 6.07) is 10.3. The molecule has 1 aliphatic carbocycles. The van der Waals surface area contributed by atoms with Crippen LogP contribution in [0.1, 0.15) is 24.1 Å². The summed E-state index contributed by atoms with van der Waals surface area (Å²) in [6.07, 6.45) is -2.54. The van der Waals surface area contributed by atoms with Crippen LogP contribution in [0, 0.1) is 11.6 Å². The summed E-state index contributed by atoms with van der Waals surface area (Å²) in [4.78, 5) is 16.6. The minimum atomic E-state index is -4.57. The number of nitrogens with zero attached hydrogens (tertiary/aromatic N) is 4. The van der Waals surface area contributed by atoms with Crippen LogP contribution in [0.5, 0.6) is 0 Å². The molecule has 178 valence electrons. The minimum absolute atomic E-state index is 0.220. The summed E-state index contributed by atoms with van der Waals surface area (Å²) >= 11 is 0. The number of amides is 1. The van der Waals surface area contributed by atoms with Crippen LogP contribution in [0.15, 0.2) is 54.7 Å². The Labute approximate surface area is 194 Å². The van der Waals surface area contributed by atoms with E-state index < -0.39 is 34.8 Å². The second kappa shape index (κ2) is 8.22. The third-order valence-corrected chi connectivity index (χ3v) is 5.90. The van der Waals surface area contributed by atoms with E-state index in [9.17, 15) is 26.7 Å². The van der Waals surface area contributed by atoms with E-state index in [-0.39, 0.29) is 5.82 Å². The third kappa shape index (κ3) is 4.22. The number of benzene rings is 2. The third-order valence-electron chi connectivity index (χ3n) is 5.90. The Hall–Kier alpha value is -4.22. The highest BCUT2D eigenvalue weighted by molar-refractivity contribution is 6.02. The van der Waals surface area contributed by atoms with Gasteiger partial charge >= 0.3 is 6.18 Å². The Balaban J connectivity index is 1.47. The van der Waals surface area contributed by atoms with Crippen molar-refractivity contribution in [1.29, 1.82) is 0 Å². The molecule has 1 aliphatic rings. The molecule has 0 saturated heterocycles. The normalized spacial score (nSPS) is 14.5. The molecule has 2 aromatic carbocycles. The Morgan fingerprint density at radius 3 is 2.37 bits per heavy atom. The number of tetrazole rings is 1. The molecule has 0 spiro atoms. The number of nitrogens with one attached hydrogen (secondary N) is 2. The highest BCUT2D eigenvalue weighted by Crippen LogP contribution is 2.49. The van der Waals surface area contributed by atoms with Crippen LogP contribution >= 0.6 is 0 Å². The lowest BCUT2D eigenvalue weighted by Gasteiger charge is -2.17. The van der Waals surface area contributed by atoms with E-state index in [0.29, 0.717) is 40.8 Å². The molecule has 2 heterocycles. The molecule has 12 heteroatoms. The lowest BCUT2D eigenvalue weighted by molar-refractivity contribution is -0.141. The van der Waals surface area contributed by atoms with E-state index in [0.717, 1.165) is 24.4 Å². The molecule has 5 rings (SSSR count). The van der Waals surface area contributed by atoms with Gasteiger partial charge in [0.2, 0.25) is 5.91 Å². The number of hydrogen-bond donors (Lipinski definition) is 2. The fourth-order valence-electron chi connectivity index (χ4n) is 3.88. The van der Waals surface area contributed by atoms with Crippen molar-refractivity contribution in [2.45, 2.75) is 24.4 Å². The Kier molecular flexibility index (Phi) is 5.30. The topological polar surface area (TPSA) is 96.5 Å². The number of rotatable bonds is 5. The smallest absolute Gasteiger partial charge is 0.325 e. The number of carbonyl (C=O) groups is 1. The maximum atomic E-state index is 13.7. The van der Waals surface area contributed by atoms with Crippen LogP contribution in [-0.2, 0) is 16.4 Å². The van der Waals surface area contributed by atoms with Gasteiger partial charge in [-0.15, -0.1) is 5.10 Å². The highest BCUT2D eigenvalue weighted by Gasteiger charge is 2.51. The van der Waals surface area contributed by atoms with E-state index in [2.05, 4.69) is 30.9 Å². The predicted molar refractivity (Wildman–Crippen MR) is 114 cm³/mol. The summed E-state index contributed by atoms with van der Waals surface area (Å²) in [7, 11) is 0. The number of H-pyrrole nitrogens is 1. The number of aromatic amines is 1. The maximum absolute atomic E-state index is 13.7. The lowest BCUT2D eigenvalue weighted by atomic mass is 9.94. The van der Waals surface area contributed by atoms with Crippen LogP contribution in [0.2, 0.25) is 0 Å². The van der Waals surface area contributed by atoms with Gasteiger partial charge in [0.1, 0.15) is 5.69 Å². The van der Waals surface area contributed by atoms with E-state index in [1.807, 2.05) is 0 Å². The van der Waals surface area contributed by atoms with Gasteiger partial charge in [0.15, 0.2) is 17.5 Å². The highest BCUT2D eigenvalue weighted by atomic mass is 19.4. The van der Waals surface area contributed by atoms with Crippen LogP contribution in [-0.4, -0.2) is 31.5 Å². The summed E-state index contributed by atoms with van der Waals surface area (Å²) in [5, 5.41) is 16.3. The van der Waals surface area contributed by atoms with Crippen LogP contribution < -0.4 is 5.32 Å². The number of halogens is 5. The SMILES string of the molecule is O=C(Nc1ccc(-c2ccc(C(F)(F)F)nc2)c(-c2nnn[nH]2)c1)C1(c2ccc(F)c(F)c2)CC1. The van der Waals surface area contributed by atoms with Gasteiger partial charge in [-0.2, -0.15) is 13.2 Å². The van der Waals surface area contributed by atoms with Crippen LogP contribution in [0.25, 0.3) is 22.5 Å². The Morgan fingerprint density at radius 2 is 1.77 bits per heavy atom. The second-order valence-corrected chi connectivity index (χ2v) is 8.11. The number of alkyl halides is 3. The van der Waals surface area contributed by atoms with Crippen molar-refractivity contribution in [3.05, 3.63) is 77.6 Å². The summed E-state index contributed by atoms with van der Waals surface area (Å²) in [6.45, 7) is 0. The van der Waals surface area contributed by atoms with Crippen molar-refractivity contribution in [3.8, 4) is 22.5 Å². The first kappa shape index (κ1) is 22.6. The number of carbonyl (C=O) groups excluding carboxylic acids is 1. The van der Waals surface area contributed by atoms with E-state index >= 15 is 0 Å². The maximum Gasteiger partial charge on any atom is 0.433 e. The lowest BCUT2D eigenvalue weighted by Crippen LogP contribution is -2.28. The van der Waals surface area contributed by atoms with Gasteiger partial charge in [0.25, 0.3) is 0 Å². The van der Waals surface area contributed by atoms with Crippen molar-refractivity contribution in [2.24, 2.45) is 0 Å². The number of hydrogen-bond acceptors (Lipinski definition) is 5. The monoisotopic (exact) mass is 486 g/mol. The summed E-state index contributed by atoms with van der Waals surface area (Å²) in [5.41, 5.74) is -0.00227. The van der Waals surface area contributed by atoms with Gasteiger partial charge in [-0.25, -0.2) is 13.9 Å². The molecule has 0 atom stereocenters. The predicted octanol–water partition coefficient (Wildman–Crippen LogP) is 4.90. The first-order valence-corrected chi connectivity index (χ1v) is 10.4. The number of aromatic nitrogens is 5. The zero-order valence-electron chi connectivity index (χ0n) is 17.7. The first-order valence-electron chi connectivity index (χ1n) is 10.4. The number of anilines is 1. The zero-order valence-corrected chi connectivity index (χ0v) is 17.7. The van der Waals surface area contributed by atoms with Crippen LogP contribution in [0.4, 0.5) is 27.6 Å². The minimum Gasteiger partial charge on any atom is -0.325 e. The van der Waals surface area contributed by atoms with Gasteiger partial charge in [0.05, 0.1) is 5.41 Å².